The number of halogens is 1. The highest BCUT2D eigenvalue weighted by Gasteiger charge is 2.37. The summed E-state index contributed by atoms with van der Waals surface area (Å²) in [6.07, 6.45) is 0. The molecule has 1 fully saturated rings. The van der Waals surface area contributed by atoms with E-state index in [2.05, 4.69) is 56.1 Å². The summed E-state index contributed by atoms with van der Waals surface area (Å²) in [4.78, 5) is 2.53. The van der Waals surface area contributed by atoms with Crippen LogP contribution in [0.2, 0.25) is 0 Å². The van der Waals surface area contributed by atoms with Crippen molar-refractivity contribution in [3.8, 4) is 0 Å². The minimum Gasteiger partial charge on any atom is -0.396 e. The van der Waals surface area contributed by atoms with Gasteiger partial charge in [-0.3, -0.25) is 4.90 Å². The molecule has 1 saturated heterocycles. The normalized spacial score (nSPS) is 18.1. The van der Waals surface area contributed by atoms with Crippen molar-refractivity contribution in [2.24, 2.45) is 5.41 Å². The number of nitrogens with one attached hydrogen (secondary N) is 1. The van der Waals surface area contributed by atoms with Crippen molar-refractivity contribution in [2.45, 2.75) is 33.7 Å². The molecule has 0 aromatic heterocycles. The summed E-state index contributed by atoms with van der Waals surface area (Å²) in [5.74, 6) is 0. The first-order valence-electron chi connectivity index (χ1n) is 7.59. The van der Waals surface area contributed by atoms with E-state index in [0.29, 0.717) is 0 Å². The van der Waals surface area contributed by atoms with Crippen LogP contribution in [-0.2, 0) is 0 Å². The Kier molecular flexibility index (Phi) is 6.67. The summed E-state index contributed by atoms with van der Waals surface area (Å²) in [5, 5.41) is 13.3. The molecule has 1 heterocycles. The lowest BCUT2D eigenvalue weighted by Crippen LogP contribution is -2.50. The van der Waals surface area contributed by atoms with Gasteiger partial charge in [-0.1, -0.05) is 32.0 Å². The summed E-state index contributed by atoms with van der Waals surface area (Å²) in [6, 6.07) is 6.76. The Bertz CT molecular complexity index is 436. The second-order valence-corrected chi connectivity index (χ2v) is 6.64. The first kappa shape index (κ1) is 18.4. The molecule has 0 radical (unpaired) electrons. The van der Waals surface area contributed by atoms with Gasteiger partial charge in [0.1, 0.15) is 0 Å². The molecule has 0 unspecified atom stereocenters. The highest BCUT2D eigenvalue weighted by molar-refractivity contribution is 5.85. The van der Waals surface area contributed by atoms with E-state index in [4.69, 9.17) is 0 Å². The summed E-state index contributed by atoms with van der Waals surface area (Å²) in [7, 11) is 0. The molecule has 2 rings (SSSR count). The predicted molar refractivity (Wildman–Crippen MR) is 91.2 cm³/mol. The zero-order valence-electron chi connectivity index (χ0n) is 13.6. The average molecular weight is 313 g/mol. The van der Waals surface area contributed by atoms with Gasteiger partial charge in [-0.05, 0) is 30.5 Å². The van der Waals surface area contributed by atoms with Gasteiger partial charge >= 0.3 is 0 Å². The molecule has 2 N–H and O–H groups in total. The van der Waals surface area contributed by atoms with Crippen LogP contribution in [0.3, 0.4) is 0 Å². The van der Waals surface area contributed by atoms with E-state index in [-0.39, 0.29) is 30.5 Å². The number of rotatable bonds is 4. The minimum atomic E-state index is -0.145. The fraction of sp³-hybridized carbons (Fsp3) is 0.647. The fourth-order valence-corrected chi connectivity index (χ4v) is 3.35. The molecule has 4 heteroatoms. The Hall–Kier alpha value is -0.610. The fourth-order valence-electron chi connectivity index (χ4n) is 3.35. The topological polar surface area (TPSA) is 35.5 Å². The van der Waals surface area contributed by atoms with Gasteiger partial charge in [0, 0.05) is 44.2 Å². The van der Waals surface area contributed by atoms with Crippen molar-refractivity contribution in [1.29, 1.82) is 0 Å². The third kappa shape index (κ3) is 3.98. The van der Waals surface area contributed by atoms with Crippen molar-refractivity contribution in [1.82, 2.24) is 10.2 Å². The number of aliphatic hydroxyl groups excluding tert-OH is 1. The third-order valence-corrected chi connectivity index (χ3v) is 4.48. The van der Waals surface area contributed by atoms with Gasteiger partial charge in [-0.2, -0.15) is 0 Å². The van der Waals surface area contributed by atoms with Crippen molar-refractivity contribution in [3.05, 3.63) is 34.9 Å². The molecule has 21 heavy (non-hydrogen) atoms. The zero-order chi connectivity index (χ0) is 14.8. The van der Waals surface area contributed by atoms with Gasteiger partial charge in [0.25, 0.3) is 0 Å². The molecule has 0 spiro atoms. The molecular weight excluding hydrogens is 284 g/mol. The summed E-state index contributed by atoms with van der Waals surface area (Å²) >= 11 is 0. The second-order valence-electron chi connectivity index (χ2n) is 6.64. The van der Waals surface area contributed by atoms with Crippen LogP contribution >= 0.6 is 12.4 Å². The molecular formula is C17H29ClN2O. The smallest absolute Gasteiger partial charge is 0.0500 e. The first-order valence-corrected chi connectivity index (χ1v) is 7.59. The number of hydrogen-bond acceptors (Lipinski definition) is 3. The molecule has 120 valence electrons. The summed E-state index contributed by atoms with van der Waals surface area (Å²) < 4.78 is 0. The maximum absolute atomic E-state index is 9.90. The monoisotopic (exact) mass is 312 g/mol. The SMILES string of the molecule is Cc1cccc(C)c1[C@H](N1CCNCC1)C(C)(C)CO.Cl. The van der Waals surface area contributed by atoms with E-state index in [1.54, 1.807) is 0 Å². The molecule has 0 aliphatic carbocycles. The average Bonchev–Trinajstić information content (AvgIpc) is 2.43. The Balaban J connectivity index is 0.00000220. The van der Waals surface area contributed by atoms with Gasteiger partial charge in [-0.25, -0.2) is 0 Å². The number of nitrogens with zero attached hydrogens (tertiary/aromatic N) is 1. The number of hydrogen-bond donors (Lipinski definition) is 2. The Morgan fingerprint density at radius 2 is 1.71 bits per heavy atom. The number of aliphatic hydroxyl groups is 1. The Morgan fingerprint density at radius 1 is 1.19 bits per heavy atom. The molecule has 0 bridgehead atoms. The van der Waals surface area contributed by atoms with Crippen molar-refractivity contribution >= 4 is 12.4 Å². The molecule has 3 nitrogen and oxygen atoms in total. The standard InChI is InChI=1S/C17H28N2O.ClH/c1-13-6-5-7-14(2)15(13)16(17(3,4)12-20)19-10-8-18-9-11-19;/h5-7,16,18,20H,8-12H2,1-4H3;1H/t16-;/m0./s1. The highest BCUT2D eigenvalue weighted by Crippen LogP contribution is 2.40. The molecule has 1 aromatic rings. The predicted octanol–water partition coefficient (Wildman–Crippen LogP) is 2.69. The molecule has 1 aromatic carbocycles. The molecule has 1 aliphatic rings. The Labute approximate surface area is 135 Å². The van der Waals surface area contributed by atoms with E-state index >= 15 is 0 Å². The Morgan fingerprint density at radius 3 is 2.19 bits per heavy atom. The van der Waals surface area contributed by atoms with E-state index in [0.717, 1.165) is 26.2 Å². The van der Waals surface area contributed by atoms with E-state index in [1.807, 2.05) is 0 Å². The zero-order valence-corrected chi connectivity index (χ0v) is 14.5. The van der Waals surface area contributed by atoms with E-state index in [1.165, 1.54) is 16.7 Å². The van der Waals surface area contributed by atoms with Crippen LogP contribution in [0.15, 0.2) is 18.2 Å². The summed E-state index contributed by atoms with van der Waals surface area (Å²) in [6.45, 7) is 13.1. The second kappa shape index (κ2) is 7.59. The lowest BCUT2D eigenvalue weighted by Gasteiger charge is -2.44. The third-order valence-electron chi connectivity index (χ3n) is 4.48. The van der Waals surface area contributed by atoms with Gasteiger partial charge in [0.2, 0.25) is 0 Å². The summed E-state index contributed by atoms with van der Waals surface area (Å²) in [5.41, 5.74) is 3.91. The van der Waals surface area contributed by atoms with Crippen LogP contribution < -0.4 is 5.32 Å². The van der Waals surface area contributed by atoms with Gasteiger partial charge in [-0.15, -0.1) is 12.4 Å². The van der Waals surface area contributed by atoms with Crippen LogP contribution in [0.5, 0.6) is 0 Å². The van der Waals surface area contributed by atoms with Gasteiger partial charge < -0.3 is 10.4 Å². The lowest BCUT2D eigenvalue weighted by molar-refractivity contribution is 0.0299. The van der Waals surface area contributed by atoms with E-state index in [9.17, 15) is 5.11 Å². The van der Waals surface area contributed by atoms with Crippen LogP contribution in [0.25, 0.3) is 0 Å². The van der Waals surface area contributed by atoms with E-state index < -0.39 is 0 Å². The molecule has 1 atom stereocenters. The van der Waals surface area contributed by atoms with Crippen LogP contribution in [0.4, 0.5) is 0 Å². The molecule has 0 saturated carbocycles. The largest absolute Gasteiger partial charge is 0.396 e. The minimum absolute atomic E-state index is 0. The first-order chi connectivity index (χ1) is 9.47. The molecule has 0 amide bonds. The van der Waals surface area contributed by atoms with Crippen molar-refractivity contribution in [2.75, 3.05) is 32.8 Å². The number of piperazine rings is 1. The lowest BCUT2D eigenvalue weighted by atomic mass is 9.77. The maximum Gasteiger partial charge on any atom is 0.0500 e. The molecule has 1 aliphatic heterocycles. The number of benzene rings is 1. The van der Waals surface area contributed by atoms with Gasteiger partial charge in [0.15, 0.2) is 0 Å². The number of aryl methyl sites for hydroxylation is 2. The van der Waals surface area contributed by atoms with Gasteiger partial charge in [0.05, 0.1) is 0 Å². The van der Waals surface area contributed by atoms with Crippen LogP contribution in [0, 0.1) is 19.3 Å². The van der Waals surface area contributed by atoms with Crippen molar-refractivity contribution < 1.29 is 5.11 Å². The van der Waals surface area contributed by atoms with Crippen LogP contribution in [0.1, 0.15) is 36.6 Å². The van der Waals surface area contributed by atoms with Crippen LogP contribution in [-0.4, -0.2) is 42.8 Å². The maximum atomic E-state index is 9.90. The quantitative estimate of drug-likeness (QED) is 0.897. The highest BCUT2D eigenvalue weighted by atomic mass is 35.5. The van der Waals surface area contributed by atoms with Crippen molar-refractivity contribution in [3.63, 3.8) is 0 Å².